The summed E-state index contributed by atoms with van der Waals surface area (Å²) in [6.07, 6.45) is 0.715. The van der Waals surface area contributed by atoms with Crippen LogP contribution in [0.25, 0.3) is 0 Å². The van der Waals surface area contributed by atoms with Crippen molar-refractivity contribution in [2.45, 2.75) is 39.0 Å². The van der Waals surface area contributed by atoms with E-state index < -0.39 is 15.4 Å². The quantitative estimate of drug-likeness (QED) is 0.886. The van der Waals surface area contributed by atoms with Gasteiger partial charge >= 0.3 is 0 Å². The van der Waals surface area contributed by atoms with Gasteiger partial charge in [0, 0.05) is 11.1 Å². The van der Waals surface area contributed by atoms with Gasteiger partial charge in [0.2, 0.25) is 15.9 Å². The molecule has 0 aliphatic carbocycles. The minimum absolute atomic E-state index is 0.0396. The van der Waals surface area contributed by atoms with Crippen LogP contribution in [0.3, 0.4) is 0 Å². The van der Waals surface area contributed by atoms with Crippen LogP contribution in [0.1, 0.15) is 32.8 Å². The molecule has 1 aromatic carbocycles. The van der Waals surface area contributed by atoms with Crippen LogP contribution in [0.5, 0.6) is 0 Å². The molecule has 0 atom stereocenters. The standard InChI is InChI=1S/C13H20N2O3S/c1-5-13(3,4)12(16)15-11-7-6-10(8-9(11)2)19(14,17)18/h6-8H,5H2,1-4H3,(H,15,16)(H2,14,17,18). The van der Waals surface area contributed by atoms with Crippen molar-refractivity contribution < 1.29 is 13.2 Å². The van der Waals surface area contributed by atoms with Gasteiger partial charge in [-0.1, -0.05) is 20.8 Å². The van der Waals surface area contributed by atoms with Crippen molar-refractivity contribution in [3.05, 3.63) is 23.8 Å². The second-order valence-corrected chi connectivity index (χ2v) is 6.77. The van der Waals surface area contributed by atoms with Crippen molar-refractivity contribution in [3.8, 4) is 0 Å². The fraction of sp³-hybridized carbons (Fsp3) is 0.462. The number of anilines is 1. The predicted octanol–water partition coefficient (Wildman–Crippen LogP) is 2.02. The number of hydrogen-bond donors (Lipinski definition) is 2. The minimum Gasteiger partial charge on any atom is -0.325 e. The summed E-state index contributed by atoms with van der Waals surface area (Å²) in [5, 5.41) is 7.86. The molecule has 0 aliphatic heterocycles. The topological polar surface area (TPSA) is 89.3 Å². The molecule has 19 heavy (non-hydrogen) atoms. The Morgan fingerprint density at radius 2 is 1.95 bits per heavy atom. The third kappa shape index (κ3) is 3.78. The van der Waals surface area contributed by atoms with Gasteiger partial charge in [-0.05, 0) is 37.1 Å². The fourth-order valence-corrected chi connectivity index (χ4v) is 2.00. The Bertz CT molecular complexity index is 592. The van der Waals surface area contributed by atoms with E-state index in [4.69, 9.17) is 5.14 Å². The van der Waals surface area contributed by atoms with E-state index in [0.717, 1.165) is 0 Å². The molecule has 0 saturated heterocycles. The number of benzene rings is 1. The molecule has 0 unspecified atom stereocenters. The van der Waals surface area contributed by atoms with Gasteiger partial charge in [-0.3, -0.25) is 4.79 Å². The maximum atomic E-state index is 12.0. The predicted molar refractivity (Wildman–Crippen MR) is 75.3 cm³/mol. The van der Waals surface area contributed by atoms with Crippen molar-refractivity contribution in [2.75, 3.05) is 5.32 Å². The van der Waals surface area contributed by atoms with Gasteiger partial charge in [0.1, 0.15) is 0 Å². The van der Waals surface area contributed by atoms with Crippen LogP contribution in [0.4, 0.5) is 5.69 Å². The van der Waals surface area contributed by atoms with E-state index in [1.165, 1.54) is 12.1 Å². The second-order valence-electron chi connectivity index (χ2n) is 5.21. The molecule has 0 bridgehead atoms. The Balaban J connectivity index is 3.03. The molecule has 0 radical (unpaired) electrons. The number of carbonyl (C=O) groups is 1. The lowest BCUT2D eigenvalue weighted by Crippen LogP contribution is -2.30. The van der Waals surface area contributed by atoms with Gasteiger partial charge in [-0.15, -0.1) is 0 Å². The van der Waals surface area contributed by atoms with Gasteiger partial charge in [0.25, 0.3) is 0 Å². The first-order valence-corrected chi connectivity index (χ1v) is 7.57. The first kappa shape index (κ1) is 15.7. The molecule has 0 saturated carbocycles. The van der Waals surface area contributed by atoms with Crippen LogP contribution in [0.2, 0.25) is 0 Å². The summed E-state index contributed by atoms with van der Waals surface area (Å²) in [5.41, 5.74) is 0.788. The lowest BCUT2D eigenvalue weighted by atomic mass is 9.89. The maximum absolute atomic E-state index is 12.0. The molecule has 1 amide bonds. The summed E-state index contributed by atoms with van der Waals surface area (Å²) < 4.78 is 22.4. The monoisotopic (exact) mass is 284 g/mol. The largest absolute Gasteiger partial charge is 0.325 e. The zero-order valence-electron chi connectivity index (χ0n) is 11.6. The number of rotatable bonds is 4. The van der Waals surface area contributed by atoms with Crippen LogP contribution < -0.4 is 10.5 Å². The Kier molecular flexibility index (Phi) is 4.37. The maximum Gasteiger partial charge on any atom is 0.238 e. The van der Waals surface area contributed by atoms with Gasteiger partial charge in [-0.2, -0.15) is 0 Å². The van der Waals surface area contributed by atoms with Crippen molar-refractivity contribution >= 4 is 21.6 Å². The van der Waals surface area contributed by atoms with Crippen LogP contribution >= 0.6 is 0 Å². The Morgan fingerprint density at radius 3 is 2.37 bits per heavy atom. The zero-order chi connectivity index (χ0) is 14.8. The highest BCUT2D eigenvalue weighted by Crippen LogP contribution is 2.24. The van der Waals surface area contributed by atoms with Gasteiger partial charge in [0.05, 0.1) is 4.90 Å². The van der Waals surface area contributed by atoms with Crippen molar-refractivity contribution in [1.29, 1.82) is 0 Å². The van der Waals surface area contributed by atoms with E-state index >= 15 is 0 Å². The number of carbonyl (C=O) groups excluding carboxylic acids is 1. The SMILES string of the molecule is CCC(C)(C)C(=O)Nc1ccc(S(N)(=O)=O)cc1C. The zero-order valence-corrected chi connectivity index (χ0v) is 12.5. The van der Waals surface area contributed by atoms with Crippen LogP contribution in [-0.2, 0) is 14.8 Å². The van der Waals surface area contributed by atoms with Crippen molar-refractivity contribution in [1.82, 2.24) is 0 Å². The minimum atomic E-state index is -3.72. The molecule has 0 heterocycles. The molecule has 1 rings (SSSR count). The highest BCUT2D eigenvalue weighted by atomic mass is 32.2. The molecule has 3 N–H and O–H groups in total. The smallest absolute Gasteiger partial charge is 0.238 e. The highest BCUT2D eigenvalue weighted by molar-refractivity contribution is 7.89. The molecule has 106 valence electrons. The number of nitrogens with two attached hydrogens (primary N) is 1. The van der Waals surface area contributed by atoms with E-state index in [1.54, 1.807) is 13.0 Å². The fourth-order valence-electron chi connectivity index (χ4n) is 1.41. The van der Waals surface area contributed by atoms with E-state index in [0.29, 0.717) is 17.7 Å². The number of hydrogen-bond acceptors (Lipinski definition) is 3. The lowest BCUT2D eigenvalue weighted by molar-refractivity contribution is -0.124. The molecule has 1 aromatic rings. The van der Waals surface area contributed by atoms with Crippen molar-refractivity contribution in [2.24, 2.45) is 10.6 Å². The summed E-state index contributed by atoms with van der Waals surface area (Å²) in [5.74, 6) is -0.0959. The first-order valence-electron chi connectivity index (χ1n) is 6.03. The molecule has 0 aromatic heterocycles. The second kappa shape index (κ2) is 5.30. The van der Waals surface area contributed by atoms with E-state index in [9.17, 15) is 13.2 Å². The van der Waals surface area contributed by atoms with E-state index in [1.807, 2.05) is 20.8 Å². The molecule has 5 nitrogen and oxygen atoms in total. The van der Waals surface area contributed by atoms with Gasteiger partial charge in [0.15, 0.2) is 0 Å². The molecule has 0 fully saturated rings. The molecule has 0 spiro atoms. The summed E-state index contributed by atoms with van der Waals surface area (Å²) >= 11 is 0. The third-order valence-corrected chi connectivity index (χ3v) is 4.18. The van der Waals surface area contributed by atoms with Crippen LogP contribution in [0.15, 0.2) is 23.1 Å². The highest BCUT2D eigenvalue weighted by Gasteiger charge is 2.25. The Labute approximate surface area is 114 Å². The average Bonchev–Trinajstić information content (AvgIpc) is 2.30. The molecule has 0 aliphatic rings. The van der Waals surface area contributed by atoms with Crippen LogP contribution in [0, 0.1) is 12.3 Å². The number of primary sulfonamides is 1. The molecular weight excluding hydrogens is 264 g/mol. The number of sulfonamides is 1. The summed E-state index contributed by atoms with van der Waals surface area (Å²) in [7, 11) is -3.72. The number of amides is 1. The van der Waals surface area contributed by atoms with Crippen molar-refractivity contribution in [3.63, 3.8) is 0 Å². The average molecular weight is 284 g/mol. The summed E-state index contributed by atoms with van der Waals surface area (Å²) in [6, 6.07) is 4.39. The number of nitrogens with one attached hydrogen (secondary N) is 1. The third-order valence-electron chi connectivity index (χ3n) is 3.27. The molecule has 6 heteroatoms. The first-order chi connectivity index (χ1) is 8.58. The van der Waals surface area contributed by atoms with E-state index in [-0.39, 0.29) is 10.8 Å². The molecular formula is C13H20N2O3S. The number of aryl methyl sites for hydroxylation is 1. The van der Waals surface area contributed by atoms with E-state index in [2.05, 4.69) is 5.32 Å². The van der Waals surface area contributed by atoms with Crippen LogP contribution in [-0.4, -0.2) is 14.3 Å². The normalized spacial score (nSPS) is 12.3. The Morgan fingerprint density at radius 1 is 1.37 bits per heavy atom. The summed E-state index contributed by atoms with van der Waals surface area (Å²) in [6.45, 7) is 7.38. The lowest BCUT2D eigenvalue weighted by Gasteiger charge is -2.22. The van der Waals surface area contributed by atoms with Gasteiger partial charge < -0.3 is 5.32 Å². The van der Waals surface area contributed by atoms with Gasteiger partial charge in [-0.25, -0.2) is 13.6 Å². The summed E-state index contributed by atoms with van der Waals surface area (Å²) in [4.78, 5) is 12.1. The Hall–Kier alpha value is -1.40.